The number of aromatic nitrogens is 5. The van der Waals surface area contributed by atoms with Gasteiger partial charge >= 0.3 is 0 Å². The summed E-state index contributed by atoms with van der Waals surface area (Å²) in [6, 6.07) is 9.17. The van der Waals surface area contributed by atoms with Gasteiger partial charge in [-0.25, -0.2) is 19.0 Å². The van der Waals surface area contributed by atoms with Crippen LogP contribution >= 0.6 is 11.6 Å². The maximum Gasteiger partial charge on any atom is 0.264 e. The first-order chi connectivity index (χ1) is 14.5. The van der Waals surface area contributed by atoms with E-state index >= 15 is 0 Å². The molecule has 0 aliphatic heterocycles. The molecule has 0 saturated carbocycles. The molecular weight excluding hydrogens is 411 g/mol. The second kappa shape index (κ2) is 8.42. The molecule has 1 amide bonds. The molecule has 0 spiro atoms. The predicted molar refractivity (Wildman–Crippen MR) is 109 cm³/mol. The van der Waals surface area contributed by atoms with Crippen molar-refractivity contribution in [1.82, 2.24) is 29.6 Å². The molecule has 0 radical (unpaired) electrons. The Bertz CT molecular complexity index is 1270. The Morgan fingerprint density at radius 2 is 2.03 bits per heavy atom. The van der Waals surface area contributed by atoms with Gasteiger partial charge in [-0.1, -0.05) is 23.7 Å². The van der Waals surface area contributed by atoms with Crippen LogP contribution in [-0.4, -0.2) is 36.8 Å². The molecule has 3 aromatic heterocycles. The third-order valence-electron chi connectivity index (χ3n) is 4.46. The molecule has 4 rings (SSSR count). The molecule has 3 heterocycles. The molecule has 30 heavy (non-hydrogen) atoms. The van der Waals surface area contributed by atoms with Gasteiger partial charge in [0.1, 0.15) is 22.7 Å². The van der Waals surface area contributed by atoms with Gasteiger partial charge in [0.25, 0.3) is 11.5 Å². The number of halogens is 2. The Kier molecular flexibility index (Phi) is 5.53. The van der Waals surface area contributed by atoms with Crippen molar-refractivity contribution >= 4 is 28.5 Å². The number of carbonyl (C=O) groups excluding carboxylic acids is 1. The summed E-state index contributed by atoms with van der Waals surface area (Å²) in [6.07, 6.45) is 4.24. The molecule has 0 unspecified atom stereocenters. The van der Waals surface area contributed by atoms with Crippen LogP contribution in [0.25, 0.3) is 11.0 Å². The molecule has 152 valence electrons. The van der Waals surface area contributed by atoms with Gasteiger partial charge in [-0.15, -0.1) is 0 Å². The van der Waals surface area contributed by atoms with Crippen LogP contribution in [0.3, 0.4) is 0 Å². The monoisotopic (exact) mass is 426 g/mol. The fourth-order valence-electron chi connectivity index (χ4n) is 2.99. The highest BCUT2D eigenvalue weighted by atomic mass is 35.5. The van der Waals surface area contributed by atoms with E-state index in [9.17, 15) is 14.0 Å². The SMILES string of the molecule is O=C(NCCn1ncc2c(=O)n(Cc3cccc(F)c3)cnc21)c1ccc(Cl)nc1. The number of hydrogen-bond donors (Lipinski definition) is 1. The Morgan fingerprint density at radius 1 is 1.17 bits per heavy atom. The zero-order valence-electron chi connectivity index (χ0n) is 15.6. The lowest BCUT2D eigenvalue weighted by molar-refractivity contribution is 0.0951. The van der Waals surface area contributed by atoms with Crippen molar-refractivity contribution in [3.8, 4) is 0 Å². The minimum atomic E-state index is -0.362. The maximum absolute atomic E-state index is 13.4. The summed E-state index contributed by atoms with van der Waals surface area (Å²) in [7, 11) is 0. The highest BCUT2D eigenvalue weighted by Crippen LogP contribution is 2.09. The lowest BCUT2D eigenvalue weighted by Gasteiger charge is -2.08. The van der Waals surface area contributed by atoms with Gasteiger partial charge in [0.2, 0.25) is 0 Å². The summed E-state index contributed by atoms with van der Waals surface area (Å²) in [5.41, 5.74) is 1.19. The smallest absolute Gasteiger partial charge is 0.264 e. The van der Waals surface area contributed by atoms with Gasteiger partial charge in [-0.3, -0.25) is 14.2 Å². The highest BCUT2D eigenvalue weighted by molar-refractivity contribution is 6.29. The average molecular weight is 427 g/mol. The van der Waals surface area contributed by atoms with Crippen molar-refractivity contribution in [3.63, 3.8) is 0 Å². The largest absolute Gasteiger partial charge is 0.350 e. The summed E-state index contributed by atoms with van der Waals surface area (Å²) in [6.45, 7) is 0.818. The molecule has 0 aliphatic rings. The van der Waals surface area contributed by atoms with E-state index < -0.39 is 0 Å². The van der Waals surface area contributed by atoms with Gasteiger partial charge < -0.3 is 5.32 Å². The molecule has 8 nitrogen and oxygen atoms in total. The van der Waals surface area contributed by atoms with Crippen LogP contribution in [0.15, 0.2) is 59.9 Å². The van der Waals surface area contributed by atoms with Crippen LogP contribution < -0.4 is 10.9 Å². The van der Waals surface area contributed by atoms with Crippen molar-refractivity contribution < 1.29 is 9.18 Å². The summed E-state index contributed by atoms with van der Waals surface area (Å²) < 4.78 is 16.3. The molecule has 0 aliphatic carbocycles. The zero-order valence-corrected chi connectivity index (χ0v) is 16.4. The Labute approximate surface area is 175 Å². The topological polar surface area (TPSA) is 94.7 Å². The van der Waals surface area contributed by atoms with E-state index in [1.54, 1.807) is 22.9 Å². The highest BCUT2D eigenvalue weighted by Gasteiger charge is 2.11. The first-order valence-electron chi connectivity index (χ1n) is 9.06. The fraction of sp³-hybridized carbons (Fsp3) is 0.150. The van der Waals surface area contributed by atoms with Gasteiger partial charge in [0.05, 0.1) is 24.8 Å². The van der Waals surface area contributed by atoms with Crippen LogP contribution in [0.2, 0.25) is 5.15 Å². The maximum atomic E-state index is 13.4. The van der Waals surface area contributed by atoms with Crippen molar-refractivity contribution in [3.05, 3.63) is 87.6 Å². The lowest BCUT2D eigenvalue weighted by Crippen LogP contribution is -2.28. The van der Waals surface area contributed by atoms with Crippen molar-refractivity contribution in [2.24, 2.45) is 0 Å². The number of carbonyl (C=O) groups is 1. The second-order valence-electron chi connectivity index (χ2n) is 6.54. The Hall–Kier alpha value is -3.59. The molecule has 0 saturated heterocycles. The number of fused-ring (bicyclic) bond motifs is 1. The molecule has 0 bridgehead atoms. The van der Waals surface area contributed by atoms with E-state index in [2.05, 4.69) is 20.4 Å². The van der Waals surface area contributed by atoms with E-state index in [1.807, 2.05) is 0 Å². The molecule has 1 aromatic carbocycles. The number of amides is 1. The zero-order chi connectivity index (χ0) is 21.1. The van der Waals surface area contributed by atoms with Gasteiger partial charge in [0, 0.05) is 12.7 Å². The number of nitrogens with one attached hydrogen (secondary N) is 1. The second-order valence-corrected chi connectivity index (χ2v) is 6.93. The third-order valence-corrected chi connectivity index (χ3v) is 4.69. The van der Waals surface area contributed by atoms with Crippen LogP contribution in [-0.2, 0) is 13.1 Å². The Morgan fingerprint density at radius 3 is 2.80 bits per heavy atom. The normalized spacial score (nSPS) is 11.0. The first kappa shape index (κ1) is 19.7. The van der Waals surface area contributed by atoms with Crippen molar-refractivity contribution in [2.45, 2.75) is 13.1 Å². The third kappa shape index (κ3) is 4.20. The van der Waals surface area contributed by atoms with Crippen LogP contribution in [0, 0.1) is 5.82 Å². The summed E-state index contributed by atoms with van der Waals surface area (Å²) in [4.78, 5) is 33.0. The van der Waals surface area contributed by atoms with Crippen molar-refractivity contribution in [2.75, 3.05) is 6.54 Å². The lowest BCUT2D eigenvalue weighted by atomic mass is 10.2. The number of hydrogen-bond acceptors (Lipinski definition) is 5. The number of rotatable bonds is 6. The number of nitrogens with zero attached hydrogens (tertiary/aromatic N) is 5. The molecule has 4 aromatic rings. The van der Waals surface area contributed by atoms with Crippen LogP contribution in [0.1, 0.15) is 15.9 Å². The minimum absolute atomic E-state index is 0.204. The standard InChI is InChI=1S/C20H16ClFN6O2/c21-17-5-4-14(9-24-17)19(29)23-6-7-28-18-16(10-26-28)20(30)27(12-25-18)11-13-2-1-3-15(22)8-13/h1-5,8-10,12H,6-7,11H2,(H,23,29). The van der Waals surface area contributed by atoms with Crippen molar-refractivity contribution in [1.29, 1.82) is 0 Å². The van der Waals surface area contributed by atoms with Crippen LogP contribution in [0.4, 0.5) is 4.39 Å². The van der Waals surface area contributed by atoms with Crippen LogP contribution in [0.5, 0.6) is 0 Å². The predicted octanol–water partition coefficient (Wildman–Crippen LogP) is 2.26. The fourth-order valence-corrected chi connectivity index (χ4v) is 3.11. The molecule has 10 heteroatoms. The van der Waals surface area contributed by atoms with Gasteiger partial charge in [0.15, 0.2) is 5.65 Å². The van der Waals surface area contributed by atoms with Gasteiger partial charge in [-0.2, -0.15) is 5.10 Å². The molecular formula is C20H16ClFN6O2. The number of benzene rings is 1. The van der Waals surface area contributed by atoms with E-state index in [-0.39, 0.29) is 30.4 Å². The van der Waals surface area contributed by atoms with E-state index in [1.165, 1.54) is 41.5 Å². The van der Waals surface area contributed by atoms with E-state index in [0.29, 0.717) is 33.9 Å². The summed E-state index contributed by atoms with van der Waals surface area (Å²) in [5.74, 6) is -0.653. The van der Waals surface area contributed by atoms with Gasteiger partial charge in [-0.05, 0) is 29.8 Å². The first-order valence-corrected chi connectivity index (χ1v) is 9.44. The quantitative estimate of drug-likeness (QED) is 0.477. The van der Waals surface area contributed by atoms with E-state index in [0.717, 1.165) is 0 Å². The molecule has 0 atom stereocenters. The Balaban J connectivity index is 1.45. The number of pyridine rings is 1. The average Bonchev–Trinajstić information content (AvgIpc) is 3.14. The summed E-state index contributed by atoms with van der Waals surface area (Å²) in [5, 5.41) is 7.61. The summed E-state index contributed by atoms with van der Waals surface area (Å²) >= 11 is 5.71. The minimum Gasteiger partial charge on any atom is -0.350 e. The molecule has 1 N–H and O–H groups in total. The molecule has 0 fully saturated rings. The van der Waals surface area contributed by atoms with E-state index in [4.69, 9.17) is 11.6 Å².